The summed E-state index contributed by atoms with van der Waals surface area (Å²) >= 11 is 0. The summed E-state index contributed by atoms with van der Waals surface area (Å²) in [6.45, 7) is 0. The molecule has 0 spiro atoms. The molecule has 3 aromatic heterocycles. The molecule has 2 N–H and O–H groups in total. The van der Waals surface area contributed by atoms with Crippen LogP contribution in [-0.4, -0.2) is 31.0 Å². The average Bonchev–Trinajstić information content (AvgIpc) is 3.38. The maximum Gasteiger partial charge on any atom is 0.354 e. The molecule has 0 aliphatic rings. The number of rotatable bonds is 5. The van der Waals surface area contributed by atoms with Crippen molar-refractivity contribution in [3.63, 3.8) is 0 Å². The van der Waals surface area contributed by atoms with E-state index in [1.165, 1.54) is 6.07 Å². The van der Waals surface area contributed by atoms with E-state index in [0.29, 0.717) is 11.5 Å². The van der Waals surface area contributed by atoms with Gasteiger partial charge in [-0.1, -0.05) is 72.8 Å². The Labute approximate surface area is 207 Å². The lowest BCUT2D eigenvalue weighted by Crippen LogP contribution is -2.01. The standard InChI is InChI=1S/C30H20N4O2/c35-30(36)28-18-8-16-24(32-28)22-12-4-2-10-20(22)19-9-1-3-11-21(19)23-15-7-17-27(31-23)29-33-25-13-5-6-14-26(25)34-29/h1-18H,(H,33,34)(H,35,36). The molecule has 0 saturated heterocycles. The van der Waals surface area contributed by atoms with Crippen LogP contribution < -0.4 is 0 Å². The summed E-state index contributed by atoms with van der Waals surface area (Å²) in [5.41, 5.74) is 7.76. The molecule has 0 radical (unpaired) electrons. The number of aromatic amines is 1. The van der Waals surface area contributed by atoms with Crippen LogP contribution in [0.25, 0.3) is 56.2 Å². The van der Waals surface area contributed by atoms with Gasteiger partial charge < -0.3 is 10.1 Å². The van der Waals surface area contributed by atoms with Crippen molar-refractivity contribution >= 4 is 17.0 Å². The first kappa shape index (κ1) is 21.4. The first-order valence-corrected chi connectivity index (χ1v) is 11.5. The molecule has 3 aromatic carbocycles. The molecule has 3 heterocycles. The minimum Gasteiger partial charge on any atom is -0.477 e. The van der Waals surface area contributed by atoms with E-state index in [0.717, 1.165) is 44.7 Å². The predicted molar refractivity (Wildman–Crippen MR) is 140 cm³/mol. The number of aromatic nitrogens is 4. The maximum absolute atomic E-state index is 11.5. The van der Waals surface area contributed by atoms with Gasteiger partial charge in [-0.3, -0.25) is 0 Å². The molecule has 0 unspecified atom stereocenters. The highest BCUT2D eigenvalue weighted by Gasteiger charge is 2.16. The van der Waals surface area contributed by atoms with Crippen molar-refractivity contribution in [2.45, 2.75) is 0 Å². The average molecular weight is 469 g/mol. The third-order valence-electron chi connectivity index (χ3n) is 6.05. The molecule has 6 aromatic rings. The largest absolute Gasteiger partial charge is 0.477 e. The van der Waals surface area contributed by atoms with Gasteiger partial charge in [0.2, 0.25) is 0 Å². The van der Waals surface area contributed by atoms with Gasteiger partial charge in [0.15, 0.2) is 5.82 Å². The number of fused-ring (bicyclic) bond motifs is 1. The molecule has 0 saturated carbocycles. The monoisotopic (exact) mass is 468 g/mol. The Bertz CT molecular complexity index is 1710. The van der Waals surface area contributed by atoms with Gasteiger partial charge in [-0.2, -0.15) is 0 Å². The fraction of sp³-hybridized carbons (Fsp3) is 0. The first-order chi connectivity index (χ1) is 17.7. The highest BCUT2D eigenvalue weighted by atomic mass is 16.4. The van der Waals surface area contributed by atoms with E-state index in [1.54, 1.807) is 6.07 Å². The van der Waals surface area contributed by atoms with Crippen molar-refractivity contribution in [2.24, 2.45) is 0 Å². The van der Waals surface area contributed by atoms with Crippen LogP contribution in [0.5, 0.6) is 0 Å². The van der Waals surface area contributed by atoms with Gasteiger partial charge >= 0.3 is 5.97 Å². The molecule has 0 atom stereocenters. The number of carboxylic acids is 1. The van der Waals surface area contributed by atoms with Crippen LogP contribution in [0.15, 0.2) is 109 Å². The highest BCUT2D eigenvalue weighted by Crippen LogP contribution is 2.37. The van der Waals surface area contributed by atoms with Crippen LogP contribution in [0.3, 0.4) is 0 Å². The van der Waals surface area contributed by atoms with E-state index in [-0.39, 0.29) is 5.69 Å². The number of H-pyrrole nitrogens is 1. The lowest BCUT2D eigenvalue weighted by molar-refractivity contribution is 0.0690. The van der Waals surface area contributed by atoms with Crippen LogP contribution in [0.4, 0.5) is 0 Å². The molecular weight excluding hydrogens is 448 g/mol. The number of nitrogens with zero attached hydrogens (tertiary/aromatic N) is 3. The summed E-state index contributed by atoms with van der Waals surface area (Å²) in [4.78, 5) is 28.9. The van der Waals surface area contributed by atoms with Crippen LogP contribution in [0.2, 0.25) is 0 Å². The smallest absolute Gasteiger partial charge is 0.354 e. The molecular formula is C30H20N4O2. The normalized spacial score (nSPS) is 11.0. The van der Waals surface area contributed by atoms with Gasteiger partial charge in [-0.05, 0) is 47.5 Å². The van der Waals surface area contributed by atoms with E-state index in [9.17, 15) is 9.90 Å². The number of hydrogen-bond acceptors (Lipinski definition) is 4. The van der Waals surface area contributed by atoms with Crippen LogP contribution >= 0.6 is 0 Å². The lowest BCUT2D eigenvalue weighted by Gasteiger charge is -2.14. The number of carboxylic acid groups (broad SMARTS) is 1. The van der Waals surface area contributed by atoms with Crippen molar-refractivity contribution in [1.82, 2.24) is 19.9 Å². The van der Waals surface area contributed by atoms with Crippen LogP contribution in [0, 0.1) is 0 Å². The fourth-order valence-corrected chi connectivity index (χ4v) is 4.38. The zero-order chi connectivity index (χ0) is 24.5. The van der Waals surface area contributed by atoms with Crippen LogP contribution in [-0.2, 0) is 0 Å². The SMILES string of the molecule is O=C(O)c1cccc(-c2ccccc2-c2ccccc2-c2cccc(-c3nc4ccccc4[nH]3)n2)n1. The van der Waals surface area contributed by atoms with Gasteiger partial charge in [-0.15, -0.1) is 0 Å². The minimum atomic E-state index is -1.05. The summed E-state index contributed by atoms with van der Waals surface area (Å²) in [7, 11) is 0. The molecule has 6 heteroatoms. The number of aromatic carboxylic acids is 1. The summed E-state index contributed by atoms with van der Waals surface area (Å²) in [5, 5.41) is 9.42. The van der Waals surface area contributed by atoms with Gasteiger partial charge in [0.1, 0.15) is 11.4 Å². The van der Waals surface area contributed by atoms with Crippen LogP contribution in [0.1, 0.15) is 10.5 Å². The van der Waals surface area contributed by atoms with Gasteiger partial charge in [0, 0.05) is 11.1 Å². The third kappa shape index (κ3) is 3.91. The molecule has 6 rings (SSSR count). The number of hydrogen-bond donors (Lipinski definition) is 2. The van der Waals surface area contributed by atoms with E-state index in [4.69, 9.17) is 9.97 Å². The Morgan fingerprint density at radius 3 is 1.78 bits per heavy atom. The number of nitrogens with one attached hydrogen (secondary N) is 1. The van der Waals surface area contributed by atoms with E-state index < -0.39 is 5.97 Å². The lowest BCUT2D eigenvalue weighted by atomic mass is 9.92. The molecule has 6 nitrogen and oxygen atoms in total. The molecule has 0 aliphatic heterocycles. The summed E-state index contributed by atoms with van der Waals surface area (Å²) < 4.78 is 0. The summed E-state index contributed by atoms with van der Waals surface area (Å²) in [5.74, 6) is -0.341. The van der Waals surface area contributed by atoms with E-state index in [1.807, 2.05) is 97.1 Å². The number of para-hydroxylation sites is 2. The number of benzene rings is 3. The zero-order valence-electron chi connectivity index (χ0n) is 19.1. The Kier molecular flexibility index (Phi) is 5.31. The van der Waals surface area contributed by atoms with E-state index >= 15 is 0 Å². The summed E-state index contributed by atoms with van der Waals surface area (Å²) in [6.07, 6.45) is 0. The molecule has 36 heavy (non-hydrogen) atoms. The molecule has 0 aliphatic carbocycles. The summed E-state index contributed by atoms with van der Waals surface area (Å²) in [6, 6.07) is 34.8. The molecule has 0 bridgehead atoms. The Morgan fingerprint density at radius 1 is 0.556 bits per heavy atom. The second-order valence-electron chi connectivity index (χ2n) is 8.32. The zero-order valence-corrected chi connectivity index (χ0v) is 19.1. The van der Waals surface area contributed by atoms with Gasteiger partial charge in [0.05, 0.1) is 22.4 Å². The minimum absolute atomic E-state index is 0.00999. The highest BCUT2D eigenvalue weighted by molar-refractivity contribution is 5.91. The quantitative estimate of drug-likeness (QED) is 0.293. The van der Waals surface area contributed by atoms with Crippen molar-refractivity contribution in [2.75, 3.05) is 0 Å². The van der Waals surface area contributed by atoms with Crippen molar-refractivity contribution in [3.05, 3.63) is 115 Å². The van der Waals surface area contributed by atoms with Crippen molar-refractivity contribution in [1.29, 1.82) is 0 Å². The topological polar surface area (TPSA) is 91.8 Å². The molecule has 0 fully saturated rings. The van der Waals surface area contributed by atoms with E-state index in [2.05, 4.69) is 9.97 Å². The fourth-order valence-electron chi connectivity index (χ4n) is 4.38. The van der Waals surface area contributed by atoms with Gasteiger partial charge in [-0.25, -0.2) is 19.7 Å². The Hall–Kier alpha value is -5.10. The first-order valence-electron chi connectivity index (χ1n) is 11.5. The number of carbonyl (C=O) groups is 1. The maximum atomic E-state index is 11.5. The Morgan fingerprint density at radius 2 is 1.11 bits per heavy atom. The Balaban J connectivity index is 1.47. The van der Waals surface area contributed by atoms with Gasteiger partial charge in [0.25, 0.3) is 0 Å². The number of pyridine rings is 2. The second kappa shape index (κ2) is 8.92. The molecule has 172 valence electrons. The number of imidazole rings is 1. The van der Waals surface area contributed by atoms with Crippen molar-refractivity contribution in [3.8, 4) is 45.2 Å². The van der Waals surface area contributed by atoms with Crippen molar-refractivity contribution < 1.29 is 9.90 Å². The molecule has 0 amide bonds. The second-order valence-corrected chi connectivity index (χ2v) is 8.32. The third-order valence-corrected chi connectivity index (χ3v) is 6.05. The predicted octanol–water partition coefficient (Wildman–Crippen LogP) is 6.72.